The average molecular weight is 197 g/mol. The van der Waals surface area contributed by atoms with Crippen LogP contribution in [0.15, 0.2) is 24.3 Å². The Labute approximate surface area is 83.6 Å². The second kappa shape index (κ2) is 4.07. The maximum absolute atomic E-state index is 13.4. The van der Waals surface area contributed by atoms with E-state index in [9.17, 15) is 9.50 Å². The fourth-order valence-electron chi connectivity index (χ4n) is 1.47. The van der Waals surface area contributed by atoms with Gasteiger partial charge in [-0.05, 0) is 12.0 Å². The zero-order valence-electron chi connectivity index (χ0n) is 8.50. The largest absolute Gasteiger partial charge is 0.383 e. The zero-order valence-corrected chi connectivity index (χ0v) is 8.50. The van der Waals surface area contributed by atoms with E-state index in [-0.39, 0.29) is 18.0 Å². The minimum atomic E-state index is -1.27. The molecule has 0 saturated carbocycles. The Kier molecular flexibility index (Phi) is 3.24. The third-order valence-corrected chi connectivity index (χ3v) is 2.61. The summed E-state index contributed by atoms with van der Waals surface area (Å²) in [6.07, 6.45) is 0. The molecular formula is C11H16FNO. The highest BCUT2D eigenvalue weighted by Crippen LogP contribution is 2.29. The lowest BCUT2D eigenvalue weighted by atomic mass is 9.83. The van der Waals surface area contributed by atoms with Gasteiger partial charge < -0.3 is 10.8 Å². The van der Waals surface area contributed by atoms with Gasteiger partial charge in [0.25, 0.3) is 0 Å². The van der Waals surface area contributed by atoms with E-state index in [1.807, 2.05) is 13.8 Å². The standard InChI is InChI=1S/C11H16FNO/c1-8(2)11(14,7-13)9-5-3-4-6-10(9)12/h3-6,8,14H,7,13H2,1-2H3. The van der Waals surface area contributed by atoms with E-state index in [2.05, 4.69) is 0 Å². The maximum Gasteiger partial charge on any atom is 0.129 e. The van der Waals surface area contributed by atoms with E-state index in [1.54, 1.807) is 18.2 Å². The summed E-state index contributed by atoms with van der Waals surface area (Å²) < 4.78 is 13.4. The van der Waals surface area contributed by atoms with Gasteiger partial charge in [-0.1, -0.05) is 32.0 Å². The van der Waals surface area contributed by atoms with Gasteiger partial charge in [-0.3, -0.25) is 0 Å². The molecule has 1 aromatic rings. The molecule has 14 heavy (non-hydrogen) atoms. The number of benzene rings is 1. The van der Waals surface area contributed by atoms with Gasteiger partial charge in [-0.15, -0.1) is 0 Å². The third kappa shape index (κ3) is 1.79. The Bertz CT molecular complexity index is 314. The fourth-order valence-corrected chi connectivity index (χ4v) is 1.47. The van der Waals surface area contributed by atoms with E-state index in [0.717, 1.165) is 0 Å². The molecule has 0 heterocycles. The Hall–Kier alpha value is -0.930. The lowest BCUT2D eigenvalue weighted by Crippen LogP contribution is -2.40. The van der Waals surface area contributed by atoms with Gasteiger partial charge in [0.1, 0.15) is 11.4 Å². The molecule has 1 atom stereocenters. The molecule has 2 nitrogen and oxygen atoms in total. The number of hydrogen-bond acceptors (Lipinski definition) is 2. The van der Waals surface area contributed by atoms with E-state index in [0.29, 0.717) is 0 Å². The number of rotatable bonds is 3. The van der Waals surface area contributed by atoms with E-state index in [4.69, 9.17) is 5.73 Å². The molecule has 1 unspecified atom stereocenters. The van der Waals surface area contributed by atoms with Crippen LogP contribution in [0.5, 0.6) is 0 Å². The van der Waals surface area contributed by atoms with Crippen LogP contribution in [0.4, 0.5) is 4.39 Å². The number of hydrogen-bond donors (Lipinski definition) is 2. The van der Waals surface area contributed by atoms with Gasteiger partial charge in [-0.2, -0.15) is 0 Å². The van der Waals surface area contributed by atoms with Gasteiger partial charge in [0.05, 0.1) is 0 Å². The molecule has 0 aromatic heterocycles. The summed E-state index contributed by atoms with van der Waals surface area (Å²) >= 11 is 0. The SMILES string of the molecule is CC(C)C(O)(CN)c1ccccc1F. The van der Waals surface area contributed by atoms with Crippen molar-refractivity contribution in [2.45, 2.75) is 19.4 Å². The molecule has 78 valence electrons. The normalized spacial score (nSPS) is 15.6. The van der Waals surface area contributed by atoms with Crippen LogP contribution >= 0.6 is 0 Å². The van der Waals surface area contributed by atoms with Gasteiger partial charge in [0.15, 0.2) is 0 Å². The molecule has 0 aliphatic carbocycles. The molecule has 1 aromatic carbocycles. The van der Waals surface area contributed by atoms with Crippen LogP contribution in [0.1, 0.15) is 19.4 Å². The minimum absolute atomic E-state index is 0.0194. The number of halogens is 1. The van der Waals surface area contributed by atoms with Crippen molar-refractivity contribution in [3.63, 3.8) is 0 Å². The van der Waals surface area contributed by atoms with Crippen LogP contribution in [0.3, 0.4) is 0 Å². The predicted molar refractivity (Wildman–Crippen MR) is 54.2 cm³/mol. The van der Waals surface area contributed by atoms with Crippen molar-refractivity contribution in [1.29, 1.82) is 0 Å². The van der Waals surface area contributed by atoms with Crippen LogP contribution in [0.25, 0.3) is 0 Å². The molecule has 0 bridgehead atoms. The van der Waals surface area contributed by atoms with E-state index >= 15 is 0 Å². The highest BCUT2D eigenvalue weighted by atomic mass is 19.1. The Morgan fingerprint density at radius 1 is 1.43 bits per heavy atom. The number of aliphatic hydroxyl groups is 1. The average Bonchev–Trinajstić information content (AvgIpc) is 2.17. The summed E-state index contributed by atoms with van der Waals surface area (Å²) in [7, 11) is 0. The van der Waals surface area contributed by atoms with Crippen LogP contribution < -0.4 is 5.73 Å². The van der Waals surface area contributed by atoms with Crippen LogP contribution in [0, 0.1) is 11.7 Å². The summed E-state index contributed by atoms with van der Waals surface area (Å²) in [5.41, 5.74) is 4.50. The quantitative estimate of drug-likeness (QED) is 0.773. The van der Waals surface area contributed by atoms with Crippen molar-refractivity contribution in [3.8, 4) is 0 Å². The zero-order chi connectivity index (χ0) is 10.8. The first-order valence-electron chi connectivity index (χ1n) is 4.70. The molecule has 0 fully saturated rings. The molecule has 1 rings (SSSR count). The third-order valence-electron chi connectivity index (χ3n) is 2.61. The van der Waals surface area contributed by atoms with Crippen LogP contribution in [-0.4, -0.2) is 11.7 Å². The molecular weight excluding hydrogens is 181 g/mol. The van der Waals surface area contributed by atoms with Crippen LogP contribution in [0.2, 0.25) is 0 Å². The van der Waals surface area contributed by atoms with Gasteiger partial charge >= 0.3 is 0 Å². The number of nitrogens with two attached hydrogens (primary N) is 1. The highest BCUT2D eigenvalue weighted by Gasteiger charge is 2.33. The van der Waals surface area contributed by atoms with E-state index < -0.39 is 11.4 Å². The van der Waals surface area contributed by atoms with Crippen molar-refractivity contribution >= 4 is 0 Å². The second-order valence-corrected chi connectivity index (χ2v) is 3.76. The van der Waals surface area contributed by atoms with E-state index in [1.165, 1.54) is 6.07 Å². The first kappa shape index (κ1) is 11.1. The molecule has 0 amide bonds. The lowest BCUT2D eigenvalue weighted by Gasteiger charge is -2.31. The van der Waals surface area contributed by atoms with Crippen molar-refractivity contribution in [2.75, 3.05) is 6.54 Å². The molecule has 3 heteroatoms. The van der Waals surface area contributed by atoms with Crippen molar-refractivity contribution in [3.05, 3.63) is 35.6 Å². The molecule has 0 radical (unpaired) electrons. The molecule has 0 spiro atoms. The Balaban J connectivity index is 3.19. The summed E-state index contributed by atoms with van der Waals surface area (Å²) in [4.78, 5) is 0. The van der Waals surface area contributed by atoms with Gasteiger partial charge in [-0.25, -0.2) is 4.39 Å². The molecule has 0 aliphatic heterocycles. The summed E-state index contributed by atoms with van der Waals surface area (Å²) in [5.74, 6) is -0.529. The topological polar surface area (TPSA) is 46.2 Å². The molecule has 3 N–H and O–H groups in total. The molecule has 0 saturated heterocycles. The maximum atomic E-state index is 13.4. The monoisotopic (exact) mass is 197 g/mol. The molecule has 0 aliphatic rings. The first-order chi connectivity index (χ1) is 6.52. The summed E-state index contributed by atoms with van der Waals surface area (Å²) in [6, 6.07) is 6.19. The van der Waals surface area contributed by atoms with Gasteiger partial charge in [0, 0.05) is 12.1 Å². The minimum Gasteiger partial charge on any atom is -0.383 e. The van der Waals surface area contributed by atoms with Gasteiger partial charge in [0.2, 0.25) is 0 Å². The Morgan fingerprint density at radius 2 is 2.00 bits per heavy atom. The van der Waals surface area contributed by atoms with Crippen LogP contribution in [-0.2, 0) is 5.60 Å². The highest BCUT2D eigenvalue weighted by molar-refractivity contribution is 5.25. The van der Waals surface area contributed by atoms with Crippen molar-refractivity contribution in [2.24, 2.45) is 11.7 Å². The fraction of sp³-hybridized carbons (Fsp3) is 0.455. The first-order valence-corrected chi connectivity index (χ1v) is 4.70. The second-order valence-electron chi connectivity index (χ2n) is 3.76. The Morgan fingerprint density at radius 3 is 2.43 bits per heavy atom. The van der Waals surface area contributed by atoms with Crippen molar-refractivity contribution in [1.82, 2.24) is 0 Å². The predicted octanol–water partition coefficient (Wildman–Crippen LogP) is 1.63. The summed E-state index contributed by atoms with van der Waals surface area (Å²) in [6.45, 7) is 3.66. The smallest absolute Gasteiger partial charge is 0.129 e. The summed E-state index contributed by atoms with van der Waals surface area (Å²) in [5, 5.41) is 10.2. The van der Waals surface area contributed by atoms with Crippen molar-refractivity contribution < 1.29 is 9.50 Å². The lowest BCUT2D eigenvalue weighted by molar-refractivity contribution is -0.00432.